The second-order valence-electron chi connectivity index (χ2n) is 3.58. The summed E-state index contributed by atoms with van der Waals surface area (Å²) in [5, 5.41) is 11.6. The highest BCUT2D eigenvalue weighted by Gasteiger charge is 2.20. The van der Waals surface area contributed by atoms with Crippen molar-refractivity contribution in [1.29, 1.82) is 0 Å². The van der Waals surface area contributed by atoms with E-state index in [9.17, 15) is 0 Å². The predicted octanol–water partition coefficient (Wildman–Crippen LogP) is 0.376. The molecule has 3 rings (SSSR count). The Morgan fingerprint density at radius 3 is 3.21 bits per heavy atom. The van der Waals surface area contributed by atoms with E-state index in [0.29, 0.717) is 6.04 Å². The molecule has 0 saturated heterocycles. The Morgan fingerprint density at radius 1 is 1.43 bits per heavy atom. The molecule has 72 valence electrons. The van der Waals surface area contributed by atoms with Crippen LogP contribution in [-0.2, 0) is 6.54 Å². The zero-order valence-electron chi connectivity index (χ0n) is 7.72. The first kappa shape index (κ1) is 7.87. The van der Waals surface area contributed by atoms with Crippen molar-refractivity contribution in [2.24, 2.45) is 0 Å². The van der Waals surface area contributed by atoms with Crippen LogP contribution in [-0.4, -0.2) is 25.6 Å². The van der Waals surface area contributed by atoms with E-state index in [1.807, 2.05) is 10.5 Å². The van der Waals surface area contributed by atoms with Crippen molar-refractivity contribution in [3.05, 3.63) is 24.4 Å². The van der Waals surface area contributed by atoms with Crippen molar-refractivity contribution in [3.63, 3.8) is 0 Å². The molecule has 0 amide bonds. The minimum Gasteiger partial charge on any atom is -0.307 e. The van der Waals surface area contributed by atoms with Crippen LogP contribution in [0.2, 0.25) is 0 Å². The van der Waals surface area contributed by atoms with Gasteiger partial charge in [-0.1, -0.05) is 0 Å². The van der Waals surface area contributed by atoms with E-state index >= 15 is 0 Å². The van der Waals surface area contributed by atoms with E-state index in [4.69, 9.17) is 0 Å². The van der Waals surface area contributed by atoms with Crippen LogP contribution in [0, 0.1) is 0 Å². The van der Waals surface area contributed by atoms with Gasteiger partial charge in [0.05, 0.1) is 6.54 Å². The Hall–Kier alpha value is -1.49. The summed E-state index contributed by atoms with van der Waals surface area (Å²) in [5.41, 5.74) is 0.854. The van der Waals surface area contributed by atoms with Gasteiger partial charge in [0.15, 0.2) is 11.5 Å². The molecule has 1 fully saturated rings. The van der Waals surface area contributed by atoms with E-state index in [0.717, 1.165) is 18.0 Å². The molecule has 1 saturated carbocycles. The summed E-state index contributed by atoms with van der Waals surface area (Å²) >= 11 is 0. The zero-order valence-corrected chi connectivity index (χ0v) is 7.72. The first-order chi connectivity index (χ1) is 6.93. The Kier molecular flexibility index (Phi) is 1.70. The molecule has 0 radical (unpaired) electrons. The first-order valence-electron chi connectivity index (χ1n) is 4.80. The topological polar surface area (TPSA) is 55.1 Å². The number of nitrogens with one attached hydrogen (secondary N) is 1. The number of rotatable bonds is 3. The molecule has 5 heteroatoms. The fourth-order valence-electron chi connectivity index (χ4n) is 1.44. The number of hydrogen-bond acceptors (Lipinski definition) is 4. The largest absolute Gasteiger partial charge is 0.307 e. The van der Waals surface area contributed by atoms with E-state index in [2.05, 4.69) is 20.5 Å². The van der Waals surface area contributed by atoms with Crippen LogP contribution in [0.5, 0.6) is 0 Å². The minimum absolute atomic E-state index is 0.694. The van der Waals surface area contributed by atoms with E-state index in [1.54, 1.807) is 12.5 Å². The summed E-state index contributed by atoms with van der Waals surface area (Å²) in [6.45, 7) is 0.775. The molecule has 0 aliphatic heterocycles. The minimum atomic E-state index is 0.694. The molecule has 2 aromatic heterocycles. The monoisotopic (exact) mass is 189 g/mol. The molecule has 0 atom stereocenters. The first-order valence-corrected chi connectivity index (χ1v) is 4.80. The summed E-state index contributed by atoms with van der Waals surface area (Å²) in [5.74, 6) is 0.931. The Bertz CT molecular complexity index is 445. The normalized spacial score (nSPS) is 16.3. The summed E-state index contributed by atoms with van der Waals surface area (Å²) < 4.78 is 1.91. The summed E-state index contributed by atoms with van der Waals surface area (Å²) in [4.78, 5) is 4.04. The van der Waals surface area contributed by atoms with Gasteiger partial charge in [-0.2, -0.15) is 0 Å². The molecule has 2 heterocycles. The van der Waals surface area contributed by atoms with Crippen molar-refractivity contribution < 1.29 is 0 Å². The maximum absolute atomic E-state index is 4.11. The molecular weight excluding hydrogens is 178 g/mol. The zero-order chi connectivity index (χ0) is 9.38. The summed E-state index contributed by atoms with van der Waals surface area (Å²) in [6, 6.07) is 2.55. The van der Waals surface area contributed by atoms with Gasteiger partial charge in [0.25, 0.3) is 0 Å². The molecule has 0 bridgehead atoms. The third-order valence-electron chi connectivity index (χ3n) is 2.41. The smallest absolute Gasteiger partial charge is 0.163 e. The molecule has 14 heavy (non-hydrogen) atoms. The lowest BCUT2D eigenvalue weighted by molar-refractivity contribution is 0.651. The van der Waals surface area contributed by atoms with E-state index in [-0.39, 0.29) is 0 Å². The lowest BCUT2D eigenvalue weighted by atomic mass is 10.5. The highest BCUT2D eigenvalue weighted by Crippen LogP contribution is 2.18. The molecule has 1 aliphatic rings. The van der Waals surface area contributed by atoms with Crippen molar-refractivity contribution in [3.8, 4) is 0 Å². The highest BCUT2D eigenvalue weighted by atomic mass is 15.3. The van der Waals surface area contributed by atoms with Gasteiger partial charge in [-0.25, -0.2) is 4.98 Å². The van der Waals surface area contributed by atoms with Crippen LogP contribution < -0.4 is 5.32 Å². The quantitative estimate of drug-likeness (QED) is 0.758. The number of hydrogen-bond donors (Lipinski definition) is 1. The van der Waals surface area contributed by atoms with Crippen molar-refractivity contribution in [2.75, 3.05) is 0 Å². The fourth-order valence-corrected chi connectivity index (χ4v) is 1.44. The Labute approximate surface area is 81.2 Å². The van der Waals surface area contributed by atoms with Gasteiger partial charge in [0, 0.05) is 18.3 Å². The summed E-state index contributed by atoms with van der Waals surface area (Å²) in [6.07, 6.45) is 6.05. The van der Waals surface area contributed by atoms with E-state index in [1.165, 1.54) is 12.8 Å². The van der Waals surface area contributed by atoms with Crippen LogP contribution in [0.4, 0.5) is 0 Å². The summed E-state index contributed by atoms with van der Waals surface area (Å²) in [7, 11) is 0. The average molecular weight is 189 g/mol. The van der Waals surface area contributed by atoms with Crippen LogP contribution in [0.3, 0.4) is 0 Å². The molecule has 1 N–H and O–H groups in total. The second-order valence-corrected chi connectivity index (χ2v) is 3.58. The standard InChI is InChI=1S/C9H11N5/c1-2-7(1)11-5-9-13-12-8-3-4-10-6-14(8)9/h3-4,6-7,11H,1-2,5H2. The van der Waals surface area contributed by atoms with Gasteiger partial charge < -0.3 is 5.32 Å². The Morgan fingerprint density at radius 2 is 2.36 bits per heavy atom. The SMILES string of the molecule is c1cc2nnc(CNC3CC3)n2cn1. The van der Waals surface area contributed by atoms with Gasteiger partial charge in [-0.05, 0) is 12.8 Å². The number of fused-ring (bicyclic) bond motifs is 1. The van der Waals surface area contributed by atoms with Crippen LogP contribution >= 0.6 is 0 Å². The maximum Gasteiger partial charge on any atom is 0.163 e. The van der Waals surface area contributed by atoms with Gasteiger partial charge in [0.2, 0.25) is 0 Å². The second kappa shape index (κ2) is 3.02. The number of nitrogens with zero attached hydrogens (tertiary/aromatic N) is 4. The van der Waals surface area contributed by atoms with Gasteiger partial charge in [-0.3, -0.25) is 4.40 Å². The molecule has 0 unspecified atom stereocenters. The molecule has 5 nitrogen and oxygen atoms in total. The molecule has 0 spiro atoms. The van der Waals surface area contributed by atoms with Gasteiger partial charge >= 0.3 is 0 Å². The van der Waals surface area contributed by atoms with Crippen molar-refractivity contribution in [2.45, 2.75) is 25.4 Å². The van der Waals surface area contributed by atoms with Crippen molar-refractivity contribution >= 4 is 5.65 Å². The van der Waals surface area contributed by atoms with Crippen LogP contribution in [0.15, 0.2) is 18.6 Å². The predicted molar refractivity (Wildman–Crippen MR) is 50.6 cm³/mol. The third-order valence-corrected chi connectivity index (χ3v) is 2.41. The highest BCUT2D eigenvalue weighted by molar-refractivity contribution is 5.35. The van der Waals surface area contributed by atoms with Crippen LogP contribution in [0.1, 0.15) is 18.7 Å². The van der Waals surface area contributed by atoms with Crippen molar-refractivity contribution in [1.82, 2.24) is 24.9 Å². The molecule has 1 aliphatic carbocycles. The van der Waals surface area contributed by atoms with Gasteiger partial charge in [-0.15, -0.1) is 10.2 Å². The lowest BCUT2D eigenvalue weighted by Gasteiger charge is -1.99. The average Bonchev–Trinajstić information content (AvgIpc) is 2.96. The fraction of sp³-hybridized carbons (Fsp3) is 0.444. The molecule has 2 aromatic rings. The maximum atomic E-state index is 4.11. The van der Waals surface area contributed by atoms with E-state index < -0.39 is 0 Å². The third kappa shape index (κ3) is 1.35. The number of aromatic nitrogens is 4. The van der Waals surface area contributed by atoms with Crippen LogP contribution in [0.25, 0.3) is 5.65 Å². The lowest BCUT2D eigenvalue weighted by Crippen LogP contribution is -2.17. The molecule has 0 aromatic carbocycles. The Balaban J connectivity index is 1.87. The van der Waals surface area contributed by atoms with Gasteiger partial charge in [0.1, 0.15) is 6.33 Å². The molecular formula is C9H11N5.